The first-order chi connectivity index (χ1) is 18.1. The Bertz CT molecular complexity index is 1460. The van der Waals surface area contributed by atoms with Crippen molar-refractivity contribution in [2.45, 2.75) is 94.9 Å². The van der Waals surface area contributed by atoms with Crippen molar-refractivity contribution in [2.24, 2.45) is 16.2 Å². The van der Waals surface area contributed by atoms with Crippen molar-refractivity contribution >= 4 is 11.1 Å². The molecule has 3 atom stereocenters. The van der Waals surface area contributed by atoms with E-state index in [1.807, 2.05) is 6.08 Å². The SMILES string of the molecule is C=C/C(=C\C=C(/C)CC)c1cc(C)c2c(c1C)C(=C)C1=C(C)[C@]3(C)C(=C)C(C(=C)C)=C(C)C[C@]3(C)CC1(C)C2. The maximum absolute atomic E-state index is 4.86. The Balaban J connectivity index is 1.98. The van der Waals surface area contributed by atoms with Crippen molar-refractivity contribution < 1.29 is 0 Å². The Kier molecular flexibility index (Phi) is 7.21. The Morgan fingerprint density at radius 1 is 1.00 bits per heavy atom. The lowest BCUT2D eigenvalue weighted by atomic mass is 9.41. The number of hydrogen-bond acceptors (Lipinski definition) is 0. The Morgan fingerprint density at radius 2 is 1.64 bits per heavy atom. The number of allylic oxidation sites excluding steroid dienone is 12. The highest BCUT2D eigenvalue weighted by Gasteiger charge is 2.59. The topological polar surface area (TPSA) is 0 Å². The fourth-order valence-electron chi connectivity index (χ4n) is 8.70. The molecule has 0 fully saturated rings. The standard InChI is InChI=1S/C39H50/c1-15-24(5)17-18-31(16-2)32-19-25(6)33-21-37(12)22-38(13)20-26(7)34(23(3)4)29(10)39(38,14)30(11)36(37)28(9)35(33)27(32)8/h16-19H,2-3,9-10,15,20-22H2,1,4-8,11-14H3/b24-17+,31-18+/t37?,38-,39+/m1/s1. The largest absolute Gasteiger partial charge is 0.0984 e. The van der Waals surface area contributed by atoms with Gasteiger partial charge in [0.15, 0.2) is 0 Å². The molecular formula is C39H50. The first-order valence-corrected chi connectivity index (χ1v) is 14.7. The zero-order chi connectivity index (χ0) is 29.2. The van der Waals surface area contributed by atoms with Crippen LogP contribution in [0.1, 0.15) is 102 Å². The maximum Gasteiger partial charge on any atom is 0.0194 e. The van der Waals surface area contributed by atoms with Crippen LogP contribution in [0.15, 0.2) is 89.6 Å². The lowest BCUT2D eigenvalue weighted by Gasteiger charge is -2.62. The van der Waals surface area contributed by atoms with Crippen molar-refractivity contribution in [1.82, 2.24) is 0 Å². The molecule has 0 nitrogen and oxygen atoms in total. The summed E-state index contributed by atoms with van der Waals surface area (Å²) in [6.45, 7) is 41.4. The summed E-state index contributed by atoms with van der Waals surface area (Å²) >= 11 is 0. The predicted octanol–water partition coefficient (Wildman–Crippen LogP) is 11.4. The van der Waals surface area contributed by atoms with E-state index in [0.29, 0.717) is 0 Å². The molecule has 0 heteroatoms. The lowest BCUT2D eigenvalue weighted by molar-refractivity contribution is 0.0543. The zero-order valence-electron chi connectivity index (χ0n) is 26.5. The van der Waals surface area contributed by atoms with Gasteiger partial charge in [0.1, 0.15) is 0 Å². The van der Waals surface area contributed by atoms with Crippen LogP contribution in [0.4, 0.5) is 0 Å². The highest BCUT2D eigenvalue weighted by atomic mass is 14.6. The minimum atomic E-state index is -0.134. The van der Waals surface area contributed by atoms with Crippen LogP contribution in [-0.4, -0.2) is 0 Å². The van der Waals surface area contributed by atoms with E-state index in [2.05, 4.69) is 101 Å². The van der Waals surface area contributed by atoms with Gasteiger partial charge in [-0.2, -0.15) is 0 Å². The van der Waals surface area contributed by atoms with Crippen LogP contribution < -0.4 is 0 Å². The molecule has 0 saturated heterocycles. The minimum Gasteiger partial charge on any atom is -0.0984 e. The van der Waals surface area contributed by atoms with Crippen molar-refractivity contribution in [3.63, 3.8) is 0 Å². The molecule has 0 N–H and O–H groups in total. The molecule has 1 unspecified atom stereocenters. The Hall–Kier alpha value is -2.86. The summed E-state index contributed by atoms with van der Waals surface area (Å²) in [7, 11) is 0. The second-order valence-electron chi connectivity index (χ2n) is 13.6. The number of fused-ring (bicyclic) bond motifs is 3. The quantitative estimate of drug-likeness (QED) is 0.340. The van der Waals surface area contributed by atoms with Crippen LogP contribution in [-0.2, 0) is 6.42 Å². The van der Waals surface area contributed by atoms with Gasteiger partial charge in [-0.25, -0.2) is 0 Å². The molecule has 0 aliphatic heterocycles. The molecule has 206 valence electrons. The van der Waals surface area contributed by atoms with E-state index in [1.54, 1.807) is 0 Å². The maximum atomic E-state index is 4.86. The summed E-state index contributed by atoms with van der Waals surface area (Å²) in [5.41, 5.74) is 18.5. The fourth-order valence-corrected chi connectivity index (χ4v) is 8.70. The summed E-state index contributed by atoms with van der Waals surface area (Å²) in [4.78, 5) is 0. The number of rotatable bonds is 5. The molecule has 0 bridgehead atoms. The summed E-state index contributed by atoms with van der Waals surface area (Å²) < 4.78 is 0. The molecule has 0 spiro atoms. The van der Waals surface area contributed by atoms with Crippen molar-refractivity contribution in [2.75, 3.05) is 0 Å². The molecule has 1 aromatic rings. The predicted molar refractivity (Wildman–Crippen MR) is 174 cm³/mol. The van der Waals surface area contributed by atoms with Gasteiger partial charge in [-0.15, -0.1) is 0 Å². The van der Waals surface area contributed by atoms with Gasteiger partial charge in [-0.1, -0.05) is 101 Å². The van der Waals surface area contributed by atoms with E-state index in [4.69, 9.17) is 13.2 Å². The first kappa shape index (κ1) is 29.1. The summed E-state index contributed by atoms with van der Waals surface area (Å²) in [5.74, 6) is 0. The van der Waals surface area contributed by atoms with Gasteiger partial charge in [0, 0.05) is 5.41 Å². The third kappa shape index (κ3) is 4.09. The van der Waals surface area contributed by atoms with Crippen LogP contribution >= 0.6 is 0 Å². The number of benzene rings is 1. The van der Waals surface area contributed by atoms with Gasteiger partial charge in [-0.3, -0.25) is 0 Å². The van der Waals surface area contributed by atoms with E-state index < -0.39 is 0 Å². The Labute approximate surface area is 239 Å². The molecular weight excluding hydrogens is 468 g/mol. The van der Waals surface area contributed by atoms with E-state index >= 15 is 0 Å². The van der Waals surface area contributed by atoms with Gasteiger partial charge in [0.25, 0.3) is 0 Å². The third-order valence-corrected chi connectivity index (χ3v) is 10.9. The minimum absolute atomic E-state index is 0.0422. The highest BCUT2D eigenvalue weighted by molar-refractivity contribution is 5.90. The average Bonchev–Trinajstić information content (AvgIpc) is 2.83. The lowest BCUT2D eigenvalue weighted by Crippen LogP contribution is -2.52. The summed E-state index contributed by atoms with van der Waals surface area (Å²) in [6.07, 6.45) is 10.8. The molecule has 3 aliphatic carbocycles. The van der Waals surface area contributed by atoms with Crippen LogP contribution in [0.2, 0.25) is 0 Å². The molecule has 4 rings (SSSR count). The summed E-state index contributed by atoms with van der Waals surface area (Å²) in [5, 5.41) is 0. The fraction of sp³-hybridized carbons (Fsp3) is 0.436. The molecule has 0 amide bonds. The van der Waals surface area contributed by atoms with Crippen molar-refractivity contribution in [1.29, 1.82) is 0 Å². The monoisotopic (exact) mass is 518 g/mol. The molecule has 0 saturated carbocycles. The Morgan fingerprint density at radius 3 is 2.21 bits per heavy atom. The highest BCUT2D eigenvalue weighted by Crippen LogP contribution is 2.70. The van der Waals surface area contributed by atoms with Gasteiger partial charge < -0.3 is 0 Å². The van der Waals surface area contributed by atoms with Gasteiger partial charge >= 0.3 is 0 Å². The molecule has 39 heavy (non-hydrogen) atoms. The molecule has 0 aromatic heterocycles. The van der Waals surface area contributed by atoms with E-state index in [9.17, 15) is 0 Å². The third-order valence-electron chi connectivity index (χ3n) is 10.9. The van der Waals surface area contributed by atoms with E-state index in [1.165, 1.54) is 72.4 Å². The van der Waals surface area contributed by atoms with Crippen molar-refractivity contribution in [3.05, 3.63) is 117 Å². The van der Waals surface area contributed by atoms with Gasteiger partial charge in [0.05, 0.1) is 0 Å². The normalized spacial score (nSPS) is 29.3. The zero-order valence-corrected chi connectivity index (χ0v) is 26.5. The van der Waals surface area contributed by atoms with Crippen LogP contribution in [0.25, 0.3) is 11.1 Å². The molecule has 1 aromatic carbocycles. The molecule has 0 radical (unpaired) electrons. The van der Waals surface area contributed by atoms with Crippen molar-refractivity contribution in [3.8, 4) is 0 Å². The number of hydrogen-bond donors (Lipinski definition) is 0. The van der Waals surface area contributed by atoms with Crippen LogP contribution in [0, 0.1) is 30.1 Å². The van der Waals surface area contributed by atoms with Crippen LogP contribution in [0.3, 0.4) is 0 Å². The summed E-state index contributed by atoms with van der Waals surface area (Å²) in [6, 6.07) is 2.39. The van der Waals surface area contributed by atoms with E-state index in [0.717, 1.165) is 31.3 Å². The second-order valence-corrected chi connectivity index (χ2v) is 13.6. The molecule has 0 heterocycles. The first-order valence-electron chi connectivity index (χ1n) is 14.7. The van der Waals surface area contributed by atoms with Crippen LogP contribution in [0.5, 0.6) is 0 Å². The smallest absolute Gasteiger partial charge is 0.0194 e. The molecule has 3 aliphatic rings. The average molecular weight is 519 g/mol. The number of aryl methyl sites for hydroxylation is 1. The van der Waals surface area contributed by atoms with Gasteiger partial charge in [-0.05, 0) is 134 Å². The van der Waals surface area contributed by atoms with E-state index in [-0.39, 0.29) is 16.2 Å². The second kappa shape index (κ2) is 9.65. The van der Waals surface area contributed by atoms with Gasteiger partial charge in [0.2, 0.25) is 0 Å².